The second-order valence-electron chi connectivity index (χ2n) is 16.8. The number of rotatable bonds is 5. The van der Waals surface area contributed by atoms with Crippen molar-refractivity contribution in [2.45, 2.75) is 94.0 Å². The van der Waals surface area contributed by atoms with Crippen molar-refractivity contribution >= 4 is 58.2 Å². The number of nitrogens with one attached hydrogen (secondary N) is 2. The fraction of sp³-hybridized carbons (Fsp3) is 0.429. The molecule has 2 saturated heterocycles. The summed E-state index contributed by atoms with van der Waals surface area (Å²) in [6.07, 6.45) is 13.8. The van der Waals surface area contributed by atoms with Gasteiger partial charge in [0.25, 0.3) is 0 Å². The Morgan fingerprint density at radius 2 is 1.08 bits per heavy atom. The molecule has 1 aromatic carbocycles. The highest BCUT2D eigenvalue weighted by molar-refractivity contribution is 6.32. The van der Waals surface area contributed by atoms with Gasteiger partial charge in [-0.25, -0.2) is 49.7 Å². The van der Waals surface area contributed by atoms with Crippen LogP contribution in [0.2, 0.25) is 15.7 Å². The molecular formula is C49H61Cl3N16O3. The number of hydrogen-bond acceptors (Lipinski definition) is 14. The number of aryl methyl sites for hydroxylation is 3. The molecule has 22 heteroatoms. The molecule has 2 fully saturated rings. The Kier molecular flexibility index (Phi) is 16.9. The van der Waals surface area contributed by atoms with Crippen LogP contribution in [-0.4, -0.2) is 123 Å². The standard InChI is InChI=1S/C23H27N7O2.C14H16ClN5O.C9H6Cl2N4.3CH4/c1-3-24-23(31)26-17-6-4-16(5-7-17)20-27-19-18(8-10-29-11-9-25-22(19)29)21(28-20)30-12-13-32-14-15(30)2;1-9-8-21-7-6-20(9)12-10-2-4-19-5-3-16-13(19)11(10)17-14(15)18-12;10-7-5-1-3-15-4-2-12-8(15)6(5)13-9(11)14-7;;;/h4-7,9,11,15H,3,8,10,12-14H2,1-2H3,(H2,24,26,31);3,5,9H,2,4,6-8H2,1H3;2,4H,1,3H2;3*1H4/t15-;9-;;;;/m00..../s1. The zero-order valence-corrected chi connectivity index (χ0v) is 40.0. The number of morpholine rings is 2. The number of urea groups is 1. The van der Waals surface area contributed by atoms with Crippen LogP contribution in [0.25, 0.3) is 45.9 Å². The van der Waals surface area contributed by atoms with Crippen LogP contribution in [0, 0.1) is 0 Å². The highest BCUT2D eigenvalue weighted by Gasteiger charge is 2.31. The van der Waals surface area contributed by atoms with Gasteiger partial charge in [0.15, 0.2) is 23.3 Å². The molecule has 0 unspecified atom stereocenters. The molecule has 0 saturated carbocycles. The van der Waals surface area contributed by atoms with Crippen molar-refractivity contribution in [2.24, 2.45) is 0 Å². The number of benzene rings is 1. The van der Waals surface area contributed by atoms with Crippen molar-refractivity contribution in [2.75, 3.05) is 61.2 Å². The summed E-state index contributed by atoms with van der Waals surface area (Å²) in [6.45, 7) is 13.8. The topological polar surface area (TPSA) is 197 Å². The van der Waals surface area contributed by atoms with Crippen LogP contribution in [0.1, 0.15) is 59.7 Å². The van der Waals surface area contributed by atoms with E-state index in [4.69, 9.17) is 54.2 Å². The van der Waals surface area contributed by atoms with Crippen LogP contribution < -0.4 is 20.4 Å². The molecule has 2 atom stereocenters. The third-order valence-electron chi connectivity index (χ3n) is 12.5. The van der Waals surface area contributed by atoms with Crippen LogP contribution in [-0.2, 0) is 48.4 Å². The molecule has 12 rings (SSSR count). The first-order chi connectivity index (χ1) is 33.1. The highest BCUT2D eigenvalue weighted by atomic mass is 35.5. The highest BCUT2D eigenvalue weighted by Crippen LogP contribution is 2.37. The molecule has 0 radical (unpaired) electrons. The maximum atomic E-state index is 11.8. The average Bonchev–Trinajstić information content (AvgIpc) is 4.15. The summed E-state index contributed by atoms with van der Waals surface area (Å²) >= 11 is 17.9. The van der Waals surface area contributed by atoms with E-state index in [0.29, 0.717) is 37.3 Å². The fourth-order valence-electron chi connectivity index (χ4n) is 9.13. The van der Waals surface area contributed by atoms with Gasteiger partial charge in [-0.1, -0.05) is 33.9 Å². The number of halogens is 3. The lowest BCUT2D eigenvalue weighted by atomic mass is 10.0. The van der Waals surface area contributed by atoms with E-state index in [1.807, 2.05) is 60.5 Å². The molecule has 0 aliphatic carbocycles. The van der Waals surface area contributed by atoms with Crippen LogP contribution in [0.4, 0.5) is 22.1 Å². The van der Waals surface area contributed by atoms with E-state index in [0.717, 1.165) is 133 Å². The predicted octanol–water partition coefficient (Wildman–Crippen LogP) is 8.82. The number of ether oxygens (including phenoxy) is 2. The molecule has 6 aromatic heterocycles. The Balaban J connectivity index is 0.000000164. The summed E-state index contributed by atoms with van der Waals surface area (Å²) in [5.41, 5.74) is 7.33. The van der Waals surface area contributed by atoms with Gasteiger partial charge in [0, 0.05) is 104 Å². The molecule has 0 spiro atoms. The first-order valence-electron chi connectivity index (χ1n) is 22.7. The minimum atomic E-state index is -0.222. The Morgan fingerprint density at radius 1 is 0.620 bits per heavy atom. The summed E-state index contributed by atoms with van der Waals surface area (Å²) in [4.78, 5) is 56.6. The van der Waals surface area contributed by atoms with Gasteiger partial charge in [-0.05, 0) is 87.5 Å². The maximum absolute atomic E-state index is 11.8. The van der Waals surface area contributed by atoms with Gasteiger partial charge in [-0.15, -0.1) is 0 Å². The SMILES string of the molecule is C.C.C.CCNC(=O)Nc1ccc(-c2nc3c(c(N4CCOC[C@@H]4C)n2)CCn2ccnc2-3)cc1.C[C@H]1COCCN1c1nc(Cl)nc2c1CCn1ccnc1-2.Clc1nc(Cl)c2c(n1)-c1nccn1CC2. The van der Waals surface area contributed by atoms with Crippen molar-refractivity contribution in [3.05, 3.63) is 93.9 Å². The fourth-order valence-corrected chi connectivity index (χ4v) is 9.77. The molecule has 5 aliphatic rings. The van der Waals surface area contributed by atoms with Gasteiger partial charge in [0.2, 0.25) is 10.6 Å². The van der Waals surface area contributed by atoms with Crippen molar-refractivity contribution in [3.8, 4) is 45.9 Å². The van der Waals surface area contributed by atoms with E-state index >= 15 is 0 Å². The van der Waals surface area contributed by atoms with Crippen molar-refractivity contribution in [3.63, 3.8) is 0 Å². The van der Waals surface area contributed by atoms with Crippen LogP contribution in [0.15, 0.2) is 61.4 Å². The number of imidazole rings is 3. The number of hydrogen-bond donors (Lipinski definition) is 2. The molecule has 376 valence electrons. The van der Waals surface area contributed by atoms with Crippen LogP contribution in [0.3, 0.4) is 0 Å². The second kappa shape index (κ2) is 22.9. The van der Waals surface area contributed by atoms with Crippen LogP contribution in [0.5, 0.6) is 0 Å². The van der Waals surface area contributed by atoms with E-state index in [1.54, 1.807) is 12.4 Å². The number of fused-ring (bicyclic) bond motifs is 9. The van der Waals surface area contributed by atoms with Crippen LogP contribution >= 0.6 is 34.8 Å². The summed E-state index contributed by atoms with van der Waals surface area (Å²) in [7, 11) is 0. The molecular weight excluding hydrogens is 967 g/mol. The Labute approximate surface area is 429 Å². The maximum Gasteiger partial charge on any atom is 0.319 e. The lowest BCUT2D eigenvalue weighted by Gasteiger charge is -2.36. The van der Waals surface area contributed by atoms with E-state index in [2.05, 4.69) is 78.3 Å². The smallest absolute Gasteiger partial charge is 0.319 e. The average molecular weight is 1030 g/mol. The molecule has 2 N–H and O–H groups in total. The molecule has 19 nitrogen and oxygen atoms in total. The number of carbonyl (C=O) groups excluding carboxylic acids is 1. The molecule has 5 aliphatic heterocycles. The third-order valence-corrected chi connectivity index (χ3v) is 13.1. The number of carbonyl (C=O) groups is 1. The molecule has 0 bridgehead atoms. The Bertz CT molecular complexity index is 2960. The summed E-state index contributed by atoms with van der Waals surface area (Å²) < 4.78 is 17.5. The number of aromatic nitrogens is 12. The zero-order chi connectivity index (χ0) is 46.9. The third kappa shape index (κ3) is 10.8. The van der Waals surface area contributed by atoms with Gasteiger partial charge in [0.1, 0.15) is 33.9 Å². The number of amides is 2. The lowest BCUT2D eigenvalue weighted by molar-refractivity contribution is 0.0984. The molecule has 7 aromatic rings. The first-order valence-corrected chi connectivity index (χ1v) is 23.8. The van der Waals surface area contributed by atoms with E-state index in [9.17, 15) is 4.79 Å². The summed E-state index contributed by atoms with van der Waals surface area (Å²) in [5.74, 6) is 5.13. The van der Waals surface area contributed by atoms with Gasteiger partial charge < -0.3 is 43.6 Å². The van der Waals surface area contributed by atoms with E-state index < -0.39 is 0 Å². The number of nitrogens with zero attached hydrogens (tertiary/aromatic N) is 14. The quantitative estimate of drug-likeness (QED) is 0.123. The monoisotopic (exact) mass is 1030 g/mol. The van der Waals surface area contributed by atoms with Gasteiger partial charge >= 0.3 is 6.03 Å². The largest absolute Gasteiger partial charge is 0.377 e. The Morgan fingerprint density at radius 3 is 1.59 bits per heavy atom. The van der Waals surface area contributed by atoms with Crippen molar-refractivity contribution in [1.29, 1.82) is 0 Å². The minimum absolute atomic E-state index is 0. The van der Waals surface area contributed by atoms with Gasteiger partial charge in [-0.3, -0.25) is 0 Å². The molecule has 11 heterocycles. The number of anilines is 3. The minimum Gasteiger partial charge on any atom is -0.377 e. The van der Waals surface area contributed by atoms with E-state index in [-0.39, 0.29) is 51.0 Å². The Hall–Kier alpha value is -6.25. The van der Waals surface area contributed by atoms with Crippen molar-refractivity contribution in [1.82, 2.24) is 63.9 Å². The molecule has 71 heavy (non-hydrogen) atoms. The summed E-state index contributed by atoms with van der Waals surface area (Å²) in [6, 6.07) is 7.91. The van der Waals surface area contributed by atoms with Gasteiger partial charge in [-0.2, -0.15) is 0 Å². The van der Waals surface area contributed by atoms with Crippen molar-refractivity contribution < 1.29 is 14.3 Å². The molecule has 2 amide bonds. The first kappa shape index (κ1) is 52.6. The van der Waals surface area contributed by atoms with E-state index in [1.165, 1.54) is 0 Å². The second-order valence-corrected chi connectivity index (χ2v) is 17.9. The normalized spacial score (nSPS) is 16.9. The van der Waals surface area contributed by atoms with Gasteiger partial charge in [0.05, 0.1) is 38.5 Å². The summed E-state index contributed by atoms with van der Waals surface area (Å²) in [5, 5.41) is 6.42. The predicted molar refractivity (Wildman–Crippen MR) is 279 cm³/mol. The lowest BCUT2D eigenvalue weighted by Crippen LogP contribution is -2.45. The zero-order valence-electron chi connectivity index (χ0n) is 37.7.